The molecule has 0 aliphatic rings. The highest BCUT2D eigenvalue weighted by atomic mass is 127. The number of methoxy groups -OCH3 is 1. The van der Waals surface area contributed by atoms with E-state index in [0.29, 0.717) is 32.3 Å². The molecule has 0 spiro atoms. The lowest BCUT2D eigenvalue weighted by Gasteiger charge is -2.15. The number of aryl methyl sites for hydroxylation is 2. The average Bonchev–Trinajstić information content (AvgIpc) is 3.11. The van der Waals surface area contributed by atoms with Gasteiger partial charge in [0, 0.05) is 32.8 Å². The van der Waals surface area contributed by atoms with Crippen LogP contribution in [0.3, 0.4) is 0 Å². The molecule has 1 aromatic heterocycles. The summed E-state index contributed by atoms with van der Waals surface area (Å²) in [6.07, 6.45) is 1.73. The van der Waals surface area contributed by atoms with E-state index in [0.717, 1.165) is 29.2 Å². The first-order chi connectivity index (χ1) is 12.7. The summed E-state index contributed by atoms with van der Waals surface area (Å²) in [7, 11) is 3.40. The molecule has 0 saturated carbocycles. The minimum Gasteiger partial charge on any atom is -0.491 e. The molecule has 0 amide bonds. The Labute approximate surface area is 177 Å². The minimum absolute atomic E-state index is 0. The van der Waals surface area contributed by atoms with Gasteiger partial charge in [0.15, 0.2) is 11.8 Å². The SMILES string of the molecule is CCn1cnnc1CNC(=NC)NCc1ccc(C)cc1OCCOC.I. The molecule has 2 N–H and O–H groups in total. The lowest BCUT2D eigenvalue weighted by Crippen LogP contribution is -2.37. The number of benzene rings is 1. The van der Waals surface area contributed by atoms with Gasteiger partial charge in [-0.3, -0.25) is 4.99 Å². The van der Waals surface area contributed by atoms with Gasteiger partial charge in [0.25, 0.3) is 0 Å². The van der Waals surface area contributed by atoms with Crippen LogP contribution in [-0.2, 0) is 24.4 Å². The molecule has 1 aromatic carbocycles. The fourth-order valence-electron chi connectivity index (χ4n) is 2.42. The van der Waals surface area contributed by atoms with Gasteiger partial charge >= 0.3 is 0 Å². The number of rotatable bonds is 9. The zero-order valence-corrected chi connectivity index (χ0v) is 18.7. The van der Waals surface area contributed by atoms with Gasteiger partial charge in [-0.2, -0.15) is 0 Å². The van der Waals surface area contributed by atoms with Crippen molar-refractivity contribution in [2.75, 3.05) is 27.4 Å². The molecular formula is C18H29IN6O2. The van der Waals surface area contributed by atoms with Crippen molar-refractivity contribution in [2.45, 2.75) is 33.5 Å². The number of hydrogen-bond acceptors (Lipinski definition) is 5. The zero-order chi connectivity index (χ0) is 18.8. The van der Waals surface area contributed by atoms with E-state index < -0.39 is 0 Å². The molecule has 0 atom stereocenters. The van der Waals surface area contributed by atoms with Gasteiger partial charge in [-0.15, -0.1) is 34.2 Å². The van der Waals surface area contributed by atoms with E-state index >= 15 is 0 Å². The van der Waals surface area contributed by atoms with E-state index in [2.05, 4.69) is 44.9 Å². The molecular weight excluding hydrogens is 459 g/mol. The second kappa shape index (κ2) is 12.5. The molecule has 2 rings (SSSR count). The van der Waals surface area contributed by atoms with Gasteiger partial charge in [-0.1, -0.05) is 12.1 Å². The summed E-state index contributed by atoms with van der Waals surface area (Å²) in [6.45, 7) is 7.17. The standard InChI is InChI=1S/C18H28N6O2.HI/c1-5-24-13-22-23-17(24)12-21-18(19-3)20-11-15-7-6-14(2)10-16(15)26-9-8-25-4;/h6-7,10,13H,5,8-9,11-12H2,1-4H3,(H2,19,20,21);1H. The maximum atomic E-state index is 5.83. The van der Waals surface area contributed by atoms with Crippen molar-refractivity contribution < 1.29 is 9.47 Å². The third-order valence-corrected chi connectivity index (χ3v) is 3.89. The van der Waals surface area contributed by atoms with Gasteiger partial charge < -0.3 is 24.7 Å². The number of hydrogen-bond donors (Lipinski definition) is 2. The summed E-state index contributed by atoms with van der Waals surface area (Å²) >= 11 is 0. The van der Waals surface area contributed by atoms with Crippen LogP contribution in [0.1, 0.15) is 23.9 Å². The van der Waals surface area contributed by atoms with Crippen LogP contribution < -0.4 is 15.4 Å². The van der Waals surface area contributed by atoms with E-state index in [9.17, 15) is 0 Å². The molecule has 0 saturated heterocycles. The van der Waals surface area contributed by atoms with Crippen LogP contribution in [-0.4, -0.2) is 48.1 Å². The first kappa shape index (κ1) is 23.2. The van der Waals surface area contributed by atoms with Crippen LogP contribution in [0.2, 0.25) is 0 Å². The molecule has 2 aromatic rings. The highest BCUT2D eigenvalue weighted by Crippen LogP contribution is 2.20. The molecule has 0 aliphatic carbocycles. The maximum Gasteiger partial charge on any atom is 0.191 e. The highest BCUT2D eigenvalue weighted by Gasteiger charge is 2.07. The Morgan fingerprint density at radius 3 is 2.70 bits per heavy atom. The quantitative estimate of drug-likeness (QED) is 0.244. The third kappa shape index (κ3) is 7.33. The lowest BCUT2D eigenvalue weighted by atomic mass is 10.1. The van der Waals surface area contributed by atoms with E-state index in [1.807, 2.05) is 17.6 Å². The first-order valence-electron chi connectivity index (χ1n) is 8.70. The molecule has 150 valence electrons. The van der Waals surface area contributed by atoms with Gasteiger partial charge in [-0.05, 0) is 25.5 Å². The maximum absolute atomic E-state index is 5.83. The van der Waals surface area contributed by atoms with Gasteiger partial charge in [0.05, 0.1) is 13.2 Å². The molecule has 9 heteroatoms. The lowest BCUT2D eigenvalue weighted by molar-refractivity contribution is 0.145. The summed E-state index contributed by atoms with van der Waals surface area (Å²) in [6, 6.07) is 6.16. The Kier molecular flexibility index (Phi) is 10.7. The summed E-state index contributed by atoms with van der Waals surface area (Å²) < 4.78 is 12.9. The smallest absolute Gasteiger partial charge is 0.191 e. The van der Waals surface area contributed by atoms with Crippen molar-refractivity contribution in [3.63, 3.8) is 0 Å². The Hall–Kier alpha value is -1.88. The molecule has 1 heterocycles. The normalized spacial score (nSPS) is 11.0. The van der Waals surface area contributed by atoms with Crippen molar-refractivity contribution in [2.24, 2.45) is 4.99 Å². The summed E-state index contributed by atoms with van der Waals surface area (Å²) in [4.78, 5) is 4.26. The zero-order valence-electron chi connectivity index (χ0n) is 16.4. The predicted octanol–water partition coefficient (Wildman–Crippen LogP) is 2.11. The van der Waals surface area contributed by atoms with Crippen molar-refractivity contribution in [3.8, 4) is 5.75 Å². The molecule has 0 unspecified atom stereocenters. The van der Waals surface area contributed by atoms with Gasteiger partial charge in [-0.25, -0.2) is 0 Å². The van der Waals surface area contributed by atoms with Crippen molar-refractivity contribution >= 4 is 29.9 Å². The molecule has 0 fully saturated rings. The van der Waals surface area contributed by atoms with Crippen LogP contribution in [0, 0.1) is 6.92 Å². The number of ether oxygens (including phenoxy) is 2. The summed E-state index contributed by atoms with van der Waals surface area (Å²) in [5.41, 5.74) is 2.22. The third-order valence-electron chi connectivity index (χ3n) is 3.89. The van der Waals surface area contributed by atoms with Gasteiger partial charge in [0.1, 0.15) is 18.7 Å². The van der Waals surface area contributed by atoms with Crippen LogP contribution in [0.4, 0.5) is 0 Å². The minimum atomic E-state index is 0. The second-order valence-corrected chi connectivity index (χ2v) is 5.76. The van der Waals surface area contributed by atoms with E-state index in [-0.39, 0.29) is 24.0 Å². The monoisotopic (exact) mass is 488 g/mol. The highest BCUT2D eigenvalue weighted by molar-refractivity contribution is 14.0. The number of halogens is 1. The van der Waals surface area contributed by atoms with Crippen molar-refractivity contribution in [3.05, 3.63) is 41.5 Å². The summed E-state index contributed by atoms with van der Waals surface area (Å²) in [5, 5.41) is 14.6. The first-order valence-corrected chi connectivity index (χ1v) is 8.70. The fourth-order valence-corrected chi connectivity index (χ4v) is 2.42. The number of nitrogens with zero attached hydrogens (tertiary/aromatic N) is 4. The fraction of sp³-hybridized carbons (Fsp3) is 0.500. The Morgan fingerprint density at radius 1 is 1.22 bits per heavy atom. The number of nitrogens with one attached hydrogen (secondary N) is 2. The van der Waals surface area contributed by atoms with E-state index in [1.165, 1.54) is 0 Å². The van der Waals surface area contributed by atoms with Crippen molar-refractivity contribution in [1.82, 2.24) is 25.4 Å². The summed E-state index contributed by atoms with van der Waals surface area (Å²) in [5.74, 6) is 2.42. The average molecular weight is 488 g/mol. The predicted molar refractivity (Wildman–Crippen MR) is 117 cm³/mol. The van der Waals surface area contributed by atoms with Crippen LogP contribution in [0.5, 0.6) is 5.75 Å². The van der Waals surface area contributed by atoms with Crippen LogP contribution >= 0.6 is 24.0 Å². The largest absolute Gasteiger partial charge is 0.491 e. The number of guanidine groups is 1. The number of aliphatic imine (C=N–C) groups is 1. The van der Waals surface area contributed by atoms with Crippen LogP contribution in [0.25, 0.3) is 0 Å². The molecule has 0 bridgehead atoms. The molecule has 8 nitrogen and oxygen atoms in total. The van der Waals surface area contributed by atoms with Crippen molar-refractivity contribution in [1.29, 1.82) is 0 Å². The Morgan fingerprint density at radius 2 is 2.00 bits per heavy atom. The Bertz CT molecular complexity index is 720. The Balaban J connectivity index is 0.00000364. The van der Waals surface area contributed by atoms with E-state index in [1.54, 1.807) is 20.5 Å². The molecule has 0 aliphatic heterocycles. The topological polar surface area (TPSA) is 85.6 Å². The van der Waals surface area contributed by atoms with E-state index in [4.69, 9.17) is 9.47 Å². The number of aromatic nitrogens is 3. The molecule has 0 radical (unpaired) electrons. The van der Waals surface area contributed by atoms with Gasteiger partial charge in [0.2, 0.25) is 0 Å². The van der Waals surface area contributed by atoms with Crippen LogP contribution in [0.15, 0.2) is 29.5 Å². The second-order valence-electron chi connectivity index (χ2n) is 5.76. The molecule has 27 heavy (non-hydrogen) atoms.